The zero-order valence-corrected chi connectivity index (χ0v) is 16.2. The smallest absolute Gasteiger partial charge is 0.343 e. The first-order chi connectivity index (χ1) is 14.4. The molecule has 1 aromatic heterocycles. The fraction of sp³-hybridized carbons (Fsp3) is 0.400. The topological polar surface area (TPSA) is 123 Å². The summed E-state index contributed by atoms with van der Waals surface area (Å²) in [5, 5.41) is 3.56. The maximum atomic E-state index is 12.6. The Morgan fingerprint density at radius 2 is 1.57 bits per heavy atom. The maximum absolute atomic E-state index is 12.6. The second-order valence-electron chi connectivity index (χ2n) is 6.87. The van der Waals surface area contributed by atoms with Crippen molar-refractivity contribution in [2.45, 2.75) is 38.3 Å². The lowest BCUT2D eigenvalue weighted by atomic mass is 10.1. The molecule has 2 aromatic rings. The van der Waals surface area contributed by atoms with E-state index in [2.05, 4.69) is 5.16 Å². The minimum atomic E-state index is -0.700. The van der Waals surface area contributed by atoms with Crippen LogP contribution in [0.25, 0.3) is 0 Å². The van der Waals surface area contributed by atoms with Crippen LogP contribution in [-0.4, -0.2) is 60.7 Å². The van der Waals surface area contributed by atoms with Gasteiger partial charge in [-0.3, -0.25) is 4.79 Å². The highest BCUT2D eigenvalue weighted by Crippen LogP contribution is 2.32. The molecule has 0 saturated carbocycles. The average Bonchev–Trinajstić information content (AvgIpc) is 3.40. The summed E-state index contributed by atoms with van der Waals surface area (Å²) in [7, 11) is 0. The Hall–Kier alpha value is -3.24. The molecule has 2 saturated heterocycles. The van der Waals surface area contributed by atoms with Crippen LogP contribution in [0.2, 0.25) is 0 Å². The number of esters is 3. The highest BCUT2D eigenvalue weighted by atomic mass is 16.7. The van der Waals surface area contributed by atoms with Gasteiger partial charge in [0.25, 0.3) is 0 Å². The second kappa shape index (κ2) is 8.25. The van der Waals surface area contributed by atoms with Crippen LogP contribution < -0.4 is 4.74 Å². The molecule has 0 radical (unpaired) electrons. The Kier molecular flexibility index (Phi) is 5.51. The van der Waals surface area contributed by atoms with Gasteiger partial charge in [0.2, 0.25) is 0 Å². The van der Waals surface area contributed by atoms with Crippen molar-refractivity contribution in [3.63, 3.8) is 0 Å². The SMILES string of the molecule is CC(=O)Oc1ccccc1C(=O)O[C@H]1CO[C@H]2[C@@H]1OC[C@H]2OC(=O)c1cnoc1C. The van der Waals surface area contributed by atoms with Crippen LogP contribution in [0.1, 0.15) is 33.4 Å². The molecule has 0 spiro atoms. The van der Waals surface area contributed by atoms with E-state index < -0.39 is 42.3 Å². The van der Waals surface area contributed by atoms with Gasteiger partial charge in [-0.15, -0.1) is 0 Å². The highest BCUT2D eigenvalue weighted by molar-refractivity contribution is 5.93. The molecule has 10 nitrogen and oxygen atoms in total. The molecular formula is C20H19NO9. The van der Waals surface area contributed by atoms with E-state index in [-0.39, 0.29) is 30.1 Å². The summed E-state index contributed by atoms with van der Waals surface area (Å²) in [4.78, 5) is 36.1. The number of ether oxygens (including phenoxy) is 5. The van der Waals surface area contributed by atoms with Gasteiger partial charge in [0.1, 0.15) is 34.8 Å². The van der Waals surface area contributed by atoms with Crippen molar-refractivity contribution in [2.75, 3.05) is 13.2 Å². The fourth-order valence-corrected chi connectivity index (χ4v) is 3.41. The number of aryl methyl sites for hydroxylation is 1. The van der Waals surface area contributed by atoms with Gasteiger partial charge in [-0.05, 0) is 19.1 Å². The molecule has 2 aliphatic heterocycles. The third kappa shape index (κ3) is 3.91. The number of aromatic nitrogens is 1. The minimum absolute atomic E-state index is 0.0805. The lowest BCUT2D eigenvalue weighted by molar-refractivity contribution is -0.131. The van der Waals surface area contributed by atoms with Crippen LogP contribution in [0.4, 0.5) is 0 Å². The summed E-state index contributed by atoms with van der Waals surface area (Å²) in [6.45, 7) is 3.03. The molecule has 30 heavy (non-hydrogen) atoms. The van der Waals surface area contributed by atoms with Crippen molar-refractivity contribution >= 4 is 17.9 Å². The minimum Gasteiger partial charge on any atom is -0.453 e. The molecule has 3 heterocycles. The van der Waals surface area contributed by atoms with E-state index in [1.807, 2.05) is 0 Å². The third-order valence-electron chi connectivity index (χ3n) is 4.81. The molecule has 2 aliphatic rings. The number of fused-ring (bicyclic) bond motifs is 1. The molecule has 0 aliphatic carbocycles. The van der Waals surface area contributed by atoms with Gasteiger partial charge < -0.3 is 28.2 Å². The highest BCUT2D eigenvalue weighted by Gasteiger charge is 2.51. The number of benzene rings is 1. The molecule has 0 unspecified atom stereocenters. The first-order valence-corrected chi connectivity index (χ1v) is 9.28. The fourth-order valence-electron chi connectivity index (χ4n) is 3.41. The lowest BCUT2D eigenvalue weighted by Crippen LogP contribution is -2.36. The number of hydrogen-bond acceptors (Lipinski definition) is 10. The summed E-state index contributed by atoms with van der Waals surface area (Å²) >= 11 is 0. The molecule has 4 rings (SSSR count). The number of nitrogens with zero attached hydrogens (tertiary/aromatic N) is 1. The first-order valence-electron chi connectivity index (χ1n) is 9.28. The number of carbonyl (C=O) groups is 3. The molecular weight excluding hydrogens is 398 g/mol. The molecule has 0 N–H and O–H groups in total. The van der Waals surface area contributed by atoms with E-state index in [1.165, 1.54) is 25.3 Å². The van der Waals surface area contributed by atoms with E-state index in [9.17, 15) is 14.4 Å². The van der Waals surface area contributed by atoms with Crippen LogP contribution in [0, 0.1) is 6.92 Å². The summed E-state index contributed by atoms with van der Waals surface area (Å²) < 4.78 is 32.3. The third-order valence-corrected chi connectivity index (χ3v) is 4.81. The quantitative estimate of drug-likeness (QED) is 0.522. The summed E-state index contributed by atoms with van der Waals surface area (Å²) in [6.07, 6.45) is -1.24. The van der Waals surface area contributed by atoms with Crippen LogP contribution >= 0.6 is 0 Å². The number of hydrogen-bond donors (Lipinski definition) is 0. The van der Waals surface area contributed by atoms with E-state index >= 15 is 0 Å². The second-order valence-corrected chi connectivity index (χ2v) is 6.87. The van der Waals surface area contributed by atoms with Crippen LogP contribution in [0.3, 0.4) is 0 Å². The van der Waals surface area contributed by atoms with Crippen LogP contribution in [0.15, 0.2) is 35.0 Å². The maximum Gasteiger partial charge on any atom is 0.343 e. The van der Waals surface area contributed by atoms with E-state index in [0.717, 1.165) is 0 Å². The van der Waals surface area contributed by atoms with Gasteiger partial charge >= 0.3 is 17.9 Å². The lowest BCUT2D eigenvalue weighted by Gasteiger charge is -2.17. The number of para-hydroxylation sites is 1. The molecule has 4 atom stereocenters. The zero-order chi connectivity index (χ0) is 21.3. The summed E-state index contributed by atoms with van der Waals surface area (Å²) in [5.41, 5.74) is 0.335. The molecule has 158 valence electrons. The predicted octanol–water partition coefficient (Wildman–Crippen LogP) is 1.46. The van der Waals surface area contributed by atoms with Gasteiger partial charge in [0.05, 0.1) is 19.4 Å². The van der Waals surface area contributed by atoms with E-state index in [1.54, 1.807) is 19.1 Å². The Balaban J connectivity index is 1.39. The van der Waals surface area contributed by atoms with E-state index in [4.69, 9.17) is 28.2 Å². The van der Waals surface area contributed by atoms with E-state index in [0.29, 0.717) is 5.76 Å². The Morgan fingerprint density at radius 3 is 2.13 bits per heavy atom. The van der Waals surface area contributed by atoms with Gasteiger partial charge in [0, 0.05) is 6.92 Å². The van der Waals surface area contributed by atoms with Crippen LogP contribution in [0.5, 0.6) is 5.75 Å². The van der Waals surface area contributed by atoms with Crippen LogP contribution in [-0.2, 0) is 23.7 Å². The molecule has 2 fully saturated rings. The summed E-state index contributed by atoms with van der Waals surface area (Å²) in [6, 6.07) is 6.27. The Bertz CT molecular complexity index is 969. The standard InChI is InChI=1S/C20H19NO9/c1-10-13(7-21-30-10)20(24)29-16-9-26-17-15(8-25-18(16)17)28-19(23)12-5-3-4-6-14(12)27-11(2)22/h3-7,15-18H,8-9H2,1-2H3/t15-,16+,17+,18+/m0/s1. The molecule has 0 bridgehead atoms. The van der Waals surface area contributed by atoms with Crippen molar-refractivity contribution in [2.24, 2.45) is 0 Å². The monoisotopic (exact) mass is 417 g/mol. The number of rotatable bonds is 5. The average molecular weight is 417 g/mol. The van der Waals surface area contributed by atoms with Crippen molar-refractivity contribution < 1.29 is 42.6 Å². The van der Waals surface area contributed by atoms with Crippen molar-refractivity contribution in [1.29, 1.82) is 0 Å². The zero-order valence-electron chi connectivity index (χ0n) is 16.2. The summed E-state index contributed by atoms with van der Waals surface area (Å²) in [5.74, 6) is -1.37. The Labute approximate surface area is 171 Å². The van der Waals surface area contributed by atoms with Crippen molar-refractivity contribution in [3.05, 3.63) is 47.3 Å². The molecule has 10 heteroatoms. The number of carbonyl (C=O) groups excluding carboxylic acids is 3. The molecule has 1 aromatic carbocycles. The van der Waals surface area contributed by atoms with Gasteiger partial charge in [-0.2, -0.15) is 0 Å². The Morgan fingerprint density at radius 1 is 0.967 bits per heavy atom. The van der Waals surface area contributed by atoms with Crippen molar-refractivity contribution in [3.8, 4) is 5.75 Å². The normalized spacial score (nSPS) is 24.9. The van der Waals surface area contributed by atoms with Gasteiger partial charge in [0.15, 0.2) is 12.2 Å². The van der Waals surface area contributed by atoms with Crippen molar-refractivity contribution in [1.82, 2.24) is 5.16 Å². The first kappa shape index (κ1) is 20.0. The van der Waals surface area contributed by atoms with Gasteiger partial charge in [-0.25, -0.2) is 9.59 Å². The van der Waals surface area contributed by atoms with Gasteiger partial charge in [-0.1, -0.05) is 17.3 Å². The largest absolute Gasteiger partial charge is 0.453 e. The predicted molar refractivity (Wildman–Crippen MR) is 96.9 cm³/mol. The molecule has 0 amide bonds.